The maximum absolute atomic E-state index is 8.88. The zero-order valence-corrected chi connectivity index (χ0v) is 9.51. The quantitative estimate of drug-likeness (QED) is 0.423. The fraction of sp³-hybridized carbons (Fsp3) is 0.500. The fourth-order valence-corrected chi connectivity index (χ4v) is 0. The molecule has 0 heterocycles. The van der Waals surface area contributed by atoms with Crippen LogP contribution in [0.25, 0.3) is 0 Å². The van der Waals surface area contributed by atoms with Gasteiger partial charge in [0.05, 0.1) is 0 Å². The van der Waals surface area contributed by atoms with Gasteiger partial charge >= 0.3 is 7.82 Å². The average molecular weight is 210 g/mol. The summed E-state index contributed by atoms with van der Waals surface area (Å²) in [6.07, 6.45) is 0. The van der Waals surface area contributed by atoms with Crippen LogP contribution < -0.4 is 0 Å². The summed E-state index contributed by atoms with van der Waals surface area (Å²) in [7, 11) is -4.64. The lowest BCUT2D eigenvalue weighted by Crippen LogP contribution is -1.66. The van der Waals surface area contributed by atoms with Crippen LogP contribution >= 0.6 is 7.82 Å². The van der Waals surface area contributed by atoms with Crippen LogP contribution in [0.15, 0.2) is 24.3 Å². The Hall–Kier alpha value is -0.410. The van der Waals surface area contributed by atoms with Crippen LogP contribution in [-0.2, 0) is 4.57 Å². The second kappa shape index (κ2) is 9.68. The predicted octanol–water partition coefficient (Wildman–Crippen LogP) is 2.24. The topological polar surface area (TPSA) is 77.8 Å². The van der Waals surface area contributed by atoms with E-state index in [1.807, 2.05) is 27.7 Å². The van der Waals surface area contributed by atoms with Crippen LogP contribution in [0.3, 0.4) is 0 Å². The normalized spacial score (nSPS) is 8.54. The zero-order chi connectivity index (χ0) is 11.7. The van der Waals surface area contributed by atoms with Gasteiger partial charge in [0.1, 0.15) is 0 Å². The van der Waals surface area contributed by atoms with Crippen LogP contribution in [0, 0.1) is 0 Å². The Balaban J connectivity index is -0.000000117. The molecule has 0 aliphatic carbocycles. The van der Waals surface area contributed by atoms with Gasteiger partial charge in [-0.15, -0.1) is 13.2 Å². The van der Waals surface area contributed by atoms with E-state index < -0.39 is 7.82 Å². The molecule has 0 saturated carbocycles. The molecule has 4 nitrogen and oxygen atoms in total. The van der Waals surface area contributed by atoms with Crippen LogP contribution in [0.1, 0.15) is 27.7 Å². The molecular formula is C8H19O4P. The molecule has 80 valence electrons. The standard InChI is InChI=1S/2C4H8.H3O4P/c2*1-4(2)3;1-5(2,3)4/h2*1H2,2-3H3;(H3,1,2,3,4). The molecule has 13 heavy (non-hydrogen) atoms. The lowest BCUT2D eigenvalue weighted by Gasteiger charge is -1.82. The van der Waals surface area contributed by atoms with E-state index in [4.69, 9.17) is 19.2 Å². The second-order valence-electron chi connectivity index (χ2n) is 2.93. The average Bonchev–Trinajstić information content (AvgIpc) is 1.50. The molecule has 5 heteroatoms. The first-order valence-electron chi connectivity index (χ1n) is 3.49. The predicted molar refractivity (Wildman–Crippen MR) is 55.2 cm³/mol. The summed E-state index contributed by atoms with van der Waals surface area (Å²) in [6.45, 7) is 15.0. The summed E-state index contributed by atoms with van der Waals surface area (Å²) >= 11 is 0. The number of phosphoric acid groups is 1. The summed E-state index contributed by atoms with van der Waals surface area (Å²) in [5.41, 5.74) is 2.33. The van der Waals surface area contributed by atoms with Gasteiger partial charge in [0, 0.05) is 0 Å². The minimum Gasteiger partial charge on any atom is -0.303 e. The molecule has 0 atom stereocenters. The minimum absolute atomic E-state index is 1.17. The van der Waals surface area contributed by atoms with Crippen molar-refractivity contribution in [2.75, 3.05) is 0 Å². The summed E-state index contributed by atoms with van der Waals surface area (Å²) in [4.78, 5) is 21.6. The molecule has 0 amide bonds. The molecule has 0 bridgehead atoms. The van der Waals surface area contributed by atoms with Gasteiger partial charge in [-0.05, 0) is 27.7 Å². The van der Waals surface area contributed by atoms with Crippen molar-refractivity contribution >= 4 is 7.82 Å². The van der Waals surface area contributed by atoms with E-state index >= 15 is 0 Å². The third-order valence-electron chi connectivity index (χ3n) is 0. The van der Waals surface area contributed by atoms with Crippen molar-refractivity contribution in [3.05, 3.63) is 24.3 Å². The van der Waals surface area contributed by atoms with Gasteiger partial charge in [0.15, 0.2) is 0 Å². The fourth-order valence-electron chi connectivity index (χ4n) is 0. The Morgan fingerprint density at radius 3 is 0.923 bits per heavy atom. The number of hydrogen-bond acceptors (Lipinski definition) is 1. The van der Waals surface area contributed by atoms with Crippen molar-refractivity contribution in [2.45, 2.75) is 27.7 Å². The van der Waals surface area contributed by atoms with Gasteiger partial charge in [-0.3, -0.25) is 0 Å². The molecule has 0 aromatic heterocycles. The highest BCUT2D eigenvalue weighted by molar-refractivity contribution is 7.45. The van der Waals surface area contributed by atoms with Crippen LogP contribution in [0.2, 0.25) is 0 Å². The van der Waals surface area contributed by atoms with E-state index in [0.29, 0.717) is 0 Å². The van der Waals surface area contributed by atoms with E-state index in [1.165, 1.54) is 11.1 Å². The molecule has 0 aliphatic heterocycles. The Bertz CT molecular complexity index is 164. The maximum atomic E-state index is 8.88. The Morgan fingerprint density at radius 1 is 0.923 bits per heavy atom. The van der Waals surface area contributed by atoms with Crippen molar-refractivity contribution in [1.29, 1.82) is 0 Å². The first-order chi connectivity index (χ1) is 5.46. The molecule has 0 aromatic carbocycles. The number of rotatable bonds is 0. The monoisotopic (exact) mass is 210 g/mol. The van der Waals surface area contributed by atoms with Crippen molar-refractivity contribution in [3.63, 3.8) is 0 Å². The zero-order valence-electron chi connectivity index (χ0n) is 8.61. The molecule has 0 aliphatic rings. The Labute approximate surface area is 79.9 Å². The van der Waals surface area contributed by atoms with E-state index in [-0.39, 0.29) is 0 Å². The minimum atomic E-state index is -4.64. The molecule has 3 N–H and O–H groups in total. The lowest BCUT2D eigenvalue weighted by atomic mass is 10.4. The van der Waals surface area contributed by atoms with Crippen molar-refractivity contribution in [2.24, 2.45) is 0 Å². The number of hydrogen-bond donors (Lipinski definition) is 3. The summed E-state index contributed by atoms with van der Waals surface area (Å²) in [5, 5.41) is 0. The molecule has 0 fully saturated rings. The van der Waals surface area contributed by atoms with Crippen molar-refractivity contribution in [1.82, 2.24) is 0 Å². The van der Waals surface area contributed by atoms with Gasteiger partial charge in [-0.25, -0.2) is 4.57 Å². The second-order valence-corrected chi connectivity index (χ2v) is 3.95. The molecule has 0 spiro atoms. The molecule has 0 saturated heterocycles. The van der Waals surface area contributed by atoms with E-state index in [2.05, 4.69) is 13.2 Å². The molecule has 0 aromatic rings. The van der Waals surface area contributed by atoms with E-state index in [0.717, 1.165) is 0 Å². The SMILES string of the molecule is C=C(C)C.C=C(C)C.O=P(O)(O)O. The van der Waals surface area contributed by atoms with Gasteiger partial charge in [-0.2, -0.15) is 0 Å². The molecule has 0 rings (SSSR count). The molecule has 0 unspecified atom stereocenters. The highest BCUT2D eigenvalue weighted by Gasteiger charge is 2.00. The van der Waals surface area contributed by atoms with E-state index in [9.17, 15) is 0 Å². The maximum Gasteiger partial charge on any atom is 0.466 e. The Kier molecular flexibility index (Phi) is 13.7. The highest BCUT2D eigenvalue weighted by Crippen LogP contribution is 2.25. The van der Waals surface area contributed by atoms with Crippen LogP contribution in [0.5, 0.6) is 0 Å². The van der Waals surface area contributed by atoms with Crippen LogP contribution in [-0.4, -0.2) is 14.7 Å². The first-order valence-corrected chi connectivity index (χ1v) is 5.05. The lowest BCUT2D eigenvalue weighted by molar-refractivity contribution is 0.275. The van der Waals surface area contributed by atoms with Gasteiger partial charge in [-0.1, -0.05) is 11.1 Å². The highest BCUT2D eigenvalue weighted by atomic mass is 31.2. The van der Waals surface area contributed by atoms with E-state index in [1.54, 1.807) is 0 Å². The summed E-state index contributed by atoms with van der Waals surface area (Å²) in [5.74, 6) is 0. The molecular weight excluding hydrogens is 191 g/mol. The van der Waals surface area contributed by atoms with Crippen LogP contribution in [0.4, 0.5) is 0 Å². The summed E-state index contributed by atoms with van der Waals surface area (Å²) in [6, 6.07) is 0. The third-order valence-corrected chi connectivity index (χ3v) is 0. The van der Waals surface area contributed by atoms with Gasteiger partial charge in [0.25, 0.3) is 0 Å². The van der Waals surface area contributed by atoms with Gasteiger partial charge < -0.3 is 14.7 Å². The van der Waals surface area contributed by atoms with Gasteiger partial charge in [0.2, 0.25) is 0 Å². The largest absolute Gasteiger partial charge is 0.466 e. The smallest absolute Gasteiger partial charge is 0.303 e. The third kappa shape index (κ3) is 6340. The first kappa shape index (κ1) is 18.4. The summed E-state index contributed by atoms with van der Waals surface area (Å²) < 4.78 is 8.88. The van der Waals surface area contributed by atoms with Crippen molar-refractivity contribution < 1.29 is 19.2 Å². The van der Waals surface area contributed by atoms with Crippen molar-refractivity contribution in [3.8, 4) is 0 Å². The Morgan fingerprint density at radius 2 is 0.923 bits per heavy atom. The number of allylic oxidation sites excluding steroid dienone is 2. The molecule has 0 radical (unpaired) electrons.